The van der Waals surface area contributed by atoms with Gasteiger partial charge >= 0.3 is 0 Å². The van der Waals surface area contributed by atoms with Gasteiger partial charge in [0.2, 0.25) is 0 Å². The monoisotopic (exact) mass is 237 g/mol. The van der Waals surface area contributed by atoms with Crippen LogP contribution < -0.4 is 5.32 Å². The first-order chi connectivity index (χ1) is 8.28. The fourth-order valence-corrected chi connectivity index (χ4v) is 2.48. The first-order valence-electron chi connectivity index (χ1n) is 6.32. The summed E-state index contributed by atoms with van der Waals surface area (Å²) in [6.45, 7) is 5.27. The minimum atomic E-state index is -0.0783. The molecule has 0 atom stereocenters. The van der Waals surface area contributed by atoms with Crippen molar-refractivity contribution in [2.24, 2.45) is 0 Å². The zero-order chi connectivity index (χ0) is 12.1. The van der Waals surface area contributed by atoms with E-state index in [4.69, 9.17) is 4.74 Å². The van der Waals surface area contributed by atoms with Crippen molar-refractivity contribution in [3.05, 3.63) is 35.6 Å². The van der Waals surface area contributed by atoms with E-state index in [1.165, 1.54) is 0 Å². The Morgan fingerprint density at radius 3 is 2.71 bits per heavy atom. The molecule has 3 heteroatoms. The molecular formula is C14H20FNO. The van der Waals surface area contributed by atoms with E-state index < -0.39 is 0 Å². The Morgan fingerprint density at radius 1 is 1.35 bits per heavy atom. The van der Waals surface area contributed by atoms with Crippen molar-refractivity contribution < 1.29 is 9.13 Å². The molecular weight excluding hydrogens is 217 g/mol. The summed E-state index contributed by atoms with van der Waals surface area (Å²) in [6, 6.07) is 7.13. The summed E-state index contributed by atoms with van der Waals surface area (Å²) >= 11 is 0. The molecule has 1 aromatic carbocycles. The summed E-state index contributed by atoms with van der Waals surface area (Å²) < 4.78 is 19.2. The molecule has 1 fully saturated rings. The van der Waals surface area contributed by atoms with Gasteiger partial charge in [0.25, 0.3) is 0 Å². The Morgan fingerprint density at radius 2 is 2.12 bits per heavy atom. The lowest BCUT2D eigenvalue weighted by molar-refractivity contribution is 0.129. The first kappa shape index (κ1) is 12.5. The lowest BCUT2D eigenvalue weighted by Gasteiger charge is -2.43. The molecule has 0 saturated carbocycles. The second-order valence-electron chi connectivity index (χ2n) is 4.66. The zero-order valence-corrected chi connectivity index (χ0v) is 10.3. The Hall–Kier alpha value is -0.930. The third-order valence-electron chi connectivity index (χ3n) is 3.52. The van der Waals surface area contributed by atoms with Gasteiger partial charge in [-0.05, 0) is 31.4 Å². The Balaban J connectivity index is 2.02. The molecule has 2 nitrogen and oxygen atoms in total. The van der Waals surface area contributed by atoms with Crippen molar-refractivity contribution in [3.8, 4) is 0 Å². The molecule has 0 unspecified atom stereocenters. The fraction of sp³-hybridized carbons (Fsp3) is 0.571. The average molecular weight is 237 g/mol. The average Bonchev–Trinajstić information content (AvgIpc) is 2.29. The molecule has 0 radical (unpaired) electrons. The van der Waals surface area contributed by atoms with Crippen LogP contribution in [0, 0.1) is 5.82 Å². The van der Waals surface area contributed by atoms with E-state index >= 15 is 0 Å². The minimum Gasteiger partial charge on any atom is -0.382 e. The second kappa shape index (κ2) is 5.61. The lowest BCUT2D eigenvalue weighted by Crippen LogP contribution is -2.57. The maximum atomic E-state index is 13.8. The minimum absolute atomic E-state index is 0.0115. The number of ether oxygens (including phenoxy) is 1. The summed E-state index contributed by atoms with van der Waals surface area (Å²) in [4.78, 5) is 0. The van der Waals surface area contributed by atoms with Crippen LogP contribution in [0.1, 0.15) is 25.3 Å². The van der Waals surface area contributed by atoms with Crippen molar-refractivity contribution >= 4 is 0 Å². The van der Waals surface area contributed by atoms with E-state index in [0.717, 1.165) is 44.7 Å². The topological polar surface area (TPSA) is 21.3 Å². The van der Waals surface area contributed by atoms with Crippen LogP contribution in [0.5, 0.6) is 0 Å². The van der Waals surface area contributed by atoms with Crippen LogP contribution in [-0.2, 0) is 10.2 Å². The first-order valence-corrected chi connectivity index (χ1v) is 6.32. The van der Waals surface area contributed by atoms with E-state index in [-0.39, 0.29) is 11.2 Å². The molecule has 0 bridgehead atoms. The van der Waals surface area contributed by atoms with Gasteiger partial charge in [-0.15, -0.1) is 0 Å². The number of benzene rings is 1. The standard InChI is InChI=1S/C14H20FNO/c1-2-17-9-5-8-14(10-16-11-14)12-6-3-4-7-13(12)15/h3-4,6-7,16H,2,5,8-11H2,1H3. The van der Waals surface area contributed by atoms with E-state index in [1.807, 2.05) is 19.1 Å². The molecule has 1 aromatic rings. The highest BCUT2D eigenvalue weighted by Gasteiger charge is 2.39. The van der Waals surface area contributed by atoms with E-state index in [2.05, 4.69) is 5.32 Å². The van der Waals surface area contributed by atoms with Gasteiger partial charge in [0.05, 0.1) is 0 Å². The number of halogens is 1. The van der Waals surface area contributed by atoms with Gasteiger partial charge in [0, 0.05) is 31.7 Å². The molecule has 0 aliphatic carbocycles. The van der Waals surface area contributed by atoms with Crippen LogP contribution in [0.25, 0.3) is 0 Å². The Kier molecular flexibility index (Phi) is 4.13. The third kappa shape index (κ3) is 2.67. The summed E-state index contributed by atoms with van der Waals surface area (Å²) in [5.41, 5.74) is 0.845. The van der Waals surface area contributed by atoms with E-state index in [1.54, 1.807) is 12.1 Å². The van der Waals surface area contributed by atoms with Gasteiger partial charge in [-0.25, -0.2) is 4.39 Å². The van der Waals surface area contributed by atoms with Crippen molar-refractivity contribution in [2.45, 2.75) is 25.2 Å². The number of rotatable bonds is 6. The number of hydrogen-bond acceptors (Lipinski definition) is 2. The molecule has 1 aliphatic heterocycles. The van der Waals surface area contributed by atoms with E-state index in [9.17, 15) is 4.39 Å². The molecule has 1 aliphatic rings. The molecule has 0 spiro atoms. The zero-order valence-electron chi connectivity index (χ0n) is 10.3. The Labute approximate surface area is 102 Å². The van der Waals surface area contributed by atoms with Gasteiger partial charge in [-0.3, -0.25) is 0 Å². The smallest absolute Gasteiger partial charge is 0.127 e. The summed E-state index contributed by atoms with van der Waals surface area (Å²) in [5.74, 6) is -0.0783. The number of hydrogen-bond donors (Lipinski definition) is 1. The fourth-order valence-electron chi connectivity index (χ4n) is 2.48. The van der Waals surface area contributed by atoms with Crippen molar-refractivity contribution in [3.63, 3.8) is 0 Å². The van der Waals surface area contributed by atoms with Crippen LogP contribution in [0.15, 0.2) is 24.3 Å². The van der Waals surface area contributed by atoms with Gasteiger partial charge in [-0.1, -0.05) is 18.2 Å². The van der Waals surface area contributed by atoms with Gasteiger partial charge in [0.1, 0.15) is 5.82 Å². The highest BCUT2D eigenvalue weighted by molar-refractivity contribution is 5.31. The predicted molar refractivity (Wildman–Crippen MR) is 66.7 cm³/mol. The highest BCUT2D eigenvalue weighted by atomic mass is 19.1. The maximum Gasteiger partial charge on any atom is 0.127 e. The summed E-state index contributed by atoms with van der Waals surface area (Å²) in [7, 11) is 0. The number of nitrogens with one attached hydrogen (secondary N) is 1. The van der Waals surface area contributed by atoms with Crippen molar-refractivity contribution in [2.75, 3.05) is 26.3 Å². The normalized spacial score (nSPS) is 17.8. The largest absolute Gasteiger partial charge is 0.382 e. The molecule has 0 aromatic heterocycles. The quantitative estimate of drug-likeness (QED) is 0.767. The summed E-state index contributed by atoms with van der Waals surface area (Å²) in [6.07, 6.45) is 1.98. The van der Waals surface area contributed by atoms with Gasteiger partial charge < -0.3 is 10.1 Å². The summed E-state index contributed by atoms with van der Waals surface area (Å²) in [5, 5.41) is 3.26. The van der Waals surface area contributed by atoms with Crippen molar-refractivity contribution in [1.29, 1.82) is 0 Å². The molecule has 1 N–H and O–H groups in total. The van der Waals surface area contributed by atoms with Crippen LogP contribution in [-0.4, -0.2) is 26.3 Å². The SMILES string of the molecule is CCOCCCC1(c2ccccc2F)CNC1. The lowest BCUT2D eigenvalue weighted by atomic mass is 9.72. The second-order valence-corrected chi connectivity index (χ2v) is 4.66. The van der Waals surface area contributed by atoms with Crippen LogP contribution in [0.4, 0.5) is 4.39 Å². The molecule has 1 saturated heterocycles. The molecule has 1 heterocycles. The van der Waals surface area contributed by atoms with Crippen LogP contribution in [0.3, 0.4) is 0 Å². The Bertz CT molecular complexity index is 363. The third-order valence-corrected chi connectivity index (χ3v) is 3.52. The molecule has 17 heavy (non-hydrogen) atoms. The van der Waals surface area contributed by atoms with Crippen molar-refractivity contribution in [1.82, 2.24) is 5.32 Å². The highest BCUT2D eigenvalue weighted by Crippen LogP contribution is 2.34. The predicted octanol–water partition coefficient (Wildman–Crippen LogP) is 2.48. The molecule has 2 rings (SSSR count). The molecule has 94 valence electrons. The van der Waals surface area contributed by atoms with E-state index in [0.29, 0.717) is 0 Å². The molecule has 0 amide bonds. The van der Waals surface area contributed by atoms with Gasteiger partial charge in [-0.2, -0.15) is 0 Å². The van der Waals surface area contributed by atoms with Crippen LogP contribution >= 0.6 is 0 Å². The van der Waals surface area contributed by atoms with Gasteiger partial charge in [0.15, 0.2) is 0 Å². The van der Waals surface area contributed by atoms with Crippen LogP contribution in [0.2, 0.25) is 0 Å². The maximum absolute atomic E-state index is 13.8.